The van der Waals surface area contributed by atoms with Crippen molar-refractivity contribution in [3.8, 4) is 0 Å². The summed E-state index contributed by atoms with van der Waals surface area (Å²) in [5.41, 5.74) is 2.95. The molecule has 1 aromatic heterocycles. The van der Waals surface area contributed by atoms with Crippen molar-refractivity contribution in [3.63, 3.8) is 0 Å². The molecule has 5 rings (SSSR count). The number of aromatic nitrogens is 1. The monoisotopic (exact) mass is 371 g/mol. The summed E-state index contributed by atoms with van der Waals surface area (Å²) in [5.74, 6) is -0.262. The normalized spacial score (nSPS) is 17.1. The molecular weight excluding hydrogens is 350 g/mol. The van der Waals surface area contributed by atoms with Crippen molar-refractivity contribution in [2.75, 3.05) is 11.9 Å². The number of carbonyl (C=O) groups excluding carboxylic acids is 2. The van der Waals surface area contributed by atoms with Crippen LogP contribution in [0.2, 0.25) is 0 Å². The van der Waals surface area contributed by atoms with Gasteiger partial charge in [0.2, 0.25) is 11.8 Å². The van der Waals surface area contributed by atoms with E-state index in [1.807, 2.05) is 47.4 Å². The molecule has 0 spiro atoms. The smallest absolute Gasteiger partial charge is 0.240 e. The molecule has 28 heavy (non-hydrogen) atoms. The van der Waals surface area contributed by atoms with Crippen LogP contribution in [0.25, 0.3) is 10.9 Å². The molecule has 0 unspecified atom stereocenters. The van der Waals surface area contributed by atoms with Crippen molar-refractivity contribution in [2.45, 2.75) is 25.8 Å². The van der Waals surface area contributed by atoms with Gasteiger partial charge in [0.15, 0.2) is 0 Å². The lowest BCUT2D eigenvalue weighted by Gasteiger charge is -2.31. The highest BCUT2D eigenvalue weighted by Crippen LogP contribution is 2.49. The van der Waals surface area contributed by atoms with E-state index in [1.165, 1.54) is 11.1 Å². The van der Waals surface area contributed by atoms with Gasteiger partial charge in [0.1, 0.15) is 5.41 Å². The average Bonchev–Trinajstić information content (AvgIpc) is 3.55. The molecule has 0 radical (unpaired) electrons. The van der Waals surface area contributed by atoms with Crippen LogP contribution in [0.1, 0.15) is 24.0 Å². The maximum atomic E-state index is 13.2. The zero-order valence-corrected chi connectivity index (χ0v) is 15.5. The number of fused-ring (bicyclic) bond motifs is 2. The Hall–Kier alpha value is -3.21. The molecule has 2 aromatic carbocycles. The molecule has 0 saturated heterocycles. The van der Waals surface area contributed by atoms with Gasteiger partial charge in [-0.15, -0.1) is 0 Å². The number of anilines is 1. The fourth-order valence-electron chi connectivity index (χ4n) is 4.08. The second kappa shape index (κ2) is 6.44. The van der Waals surface area contributed by atoms with E-state index < -0.39 is 5.41 Å². The van der Waals surface area contributed by atoms with Crippen molar-refractivity contribution >= 4 is 28.4 Å². The fourth-order valence-corrected chi connectivity index (χ4v) is 4.08. The topological polar surface area (TPSA) is 62.3 Å². The summed E-state index contributed by atoms with van der Waals surface area (Å²) < 4.78 is 0. The standard InChI is InChI=1S/C23H21N3O2/c27-21(25-19-9-3-7-17-8-4-13-24-20(17)19)23(11-12-23)22(28)26-14-10-16-5-1-2-6-18(16)15-26/h1-9,13H,10-12,14-15H2,(H,25,27). The largest absolute Gasteiger partial charge is 0.337 e. The molecule has 1 saturated carbocycles. The van der Waals surface area contributed by atoms with Gasteiger partial charge in [-0.3, -0.25) is 14.6 Å². The number of amides is 2. The first-order valence-electron chi connectivity index (χ1n) is 9.69. The Morgan fingerprint density at radius 1 is 0.964 bits per heavy atom. The molecule has 5 heteroatoms. The molecule has 1 aliphatic carbocycles. The quantitative estimate of drug-likeness (QED) is 0.717. The number of carbonyl (C=O) groups is 2. The van der Waals surface area contributed by atoms with Crippen LogP contribution in [0, 0.1) is 5.41 Å². The van der Waals surface area contributed by atoms with E-state index in [0.29, 0.717) is 31.6 Å². The summed E-state index contributed by atoms with van der Waals surface area (Å²) in [6.45, 7) is 1.25. The third-order valence-electron chi connectivity index (χ3n) is 5.89. The zero-order chi connectivity index (χ0) is 19.1. The van der Waals surface area contributed by atoms with E-state index in [0.717, 1.165) is 17.3 Å². The summed E-state index contributed by atoms with van der Waals surface area (Å²) in [4.78, 5) is 32.6. The minimum absolute atomic E-state index is 0.0484. The van der Waals surface area contributed by atoms with E-state index >= 15 is 0 Å². The van der Waals surface area contributed by atoms with Crippen molar-refractivity contribution in [2.24, 2.45) is 5.41 Å². The molecule has 0 bridgehead atoms. The van der Waals surface area contributed by atoms with E-state index in [9.17, 15) is 9.59 Å². The van der Waals surface area contributed by atoms with Crippen LogP contribution >= 0.6 is 0 Å². The van der Waals surface area contributed by atoms with Crippen LogP contribution in [-0.4, -0.2) is 28.2 Å². The Kier molecular flexibility index (Phi) is 3.90. The van der Waals surface area contributed by atoms with Gasteiger partial charge in [-0.05, 0) is 42.5 Å². The van der Waals surface area contributed by atoms with Crippen molar-refractivity contribution in [3.05, 3.63) is 71.9 Å². The molecule has 140 valence electrons. The predicted molar refractivity (Wildman–Crippen MR) is 108 cm³/mol. The molecular formula is C23H21N3O2. The number of benzene rings is 2. The van der Waals surface area contributed by atoms with Gasteiger partial charge in [0, 0.05) is 24.7 Å². The van der Waals surface area contributed by atoms with Crippen LogP contribution in [0.4, 0.5) is 5.69 Å². The number of hydrogen-bond acceptors (Lipinski definition) is 3. The van der Waals surface area contributed by atoms with Crippen LogP contribution in [0.15, 0.2) is 60.8 Å². The minimum atomic E-state index is -0.927. The molecule has 2 heterocycles. The molecule has 2 amide bonds. The summed E-state index contributed by atoms with van der Waals surface area (Å²) in [6.07, 6.45) is 3.76. The number of nitrogens with one attached hydrogen (secondary N) is 1. The summed E-state index contributed by atoms with van der Waals surface area (Å²) >= 11 is 0. The molecule has 1 fully saturated rings. The first-order chi connectivity index (χ1) is 13.7. The van der Waals surface area contributed by atoms with Crippen molar-refractivity contribution in [1.82, 2.24) is 9.88 Å². The Balaban J connectivity index is 1.37. The highest BCUT2D eigenvalue weighted by atomic mass is 16.2. The first-order valence-corrected chi connectivity index (χ1v) is 9.69. The Morgan fingerprint density at radius 3 is 2.57 bits per heavy atom. The van der Waals surface area contributed by atoms with Gasteiger partial charge >= 0.3 is 0 Å². The molecule has 5 nitrogen and oxygen atoms in total. The van der Waals surface area contributed by atoms with E-state index in [1.54, 1.807) is 6.20 Å². The number of pyridine rings is 1. The Labute approximate surface area is 163 Å². The van der Waals surface area contributed by atoms with Crippen molar-refractivity contribution < 1.29 is 9.59 Å². The number of rotatable bonds is 3. The second-order valence-electron chi connectivity index (χ2n) is 7.66. The molecule has 0 atom stereocenters. The number of para-hydroxylation sites is 1. The van der Waals surface area contributed by atoms with Crippen LogP contribution in [0.3, 0.4) is 0 Å². The van der Waals surface area contributed by atoms with E-state index in [-0.39, 0.29) is 11.8 Å². The Morgan fingerprint density at radius 2 is 1.75 bits per heavy atom. The minimum Gasteiger partial charge on any atom is -0.337 e. The van der Waals surface area contributed by atoms with Gasteiger partial charge in [-0.1, -0.05) is 42.5 Å². The summed E-state index contributed by atoms with van der Waals surface area (Å²) in [5, 5.41) is 3.94. The zero-order valence-electron chi connectivity index (χ0n) is 15.5. The van der Waals surface area contributed by atoms with Gasteiger partial charge in [-0.2, -0.15) is 0 Å². The van der Waals surface area contributed by atoms with Gasteiger partial charge < -0.3 is 10.2 Å². The summed E-state index contributed by atoms with van der Waals surface area (Å²) in [7, 11) is 0. The second-order valence-corrected chi connectivity index (χ2v) is 7.66. The lowest BCUT2D eigenvalue weighted by atomic mass is 9.97. The lowest BCUT2D eigenvalue weighted by Crippen LogP contribution is -2.45. The molecule has 1 aliphatic heterocycles. The van der Waals surface area contributed by atoms with Crippen LogP contribution < -0.4 is 5.32 Å². The van der Waals surface area contributed by atoms with Gasteiger partial charge in [-0.25, -0.2) is 0 Å². The Bertz CT molecular complexity index is 1080. The predicted octanol–water partition coefficient (Wildman–Crippen LogP) is 3.54. The average molecular weight is 371 g/mol. The maximum Gasteiger partial charge on any atom is 0.240 e. The number of hydrogen-bond donors (Lipinski definition) is 1. The first kappa shape index (κ1) is 16.9. The lowest BCUT2D eigenvalue weighted by molar-refractivity contribution is -0.143. The fraction of sp³-hybridized carbons (Fsp3) is 0.261. The summed E-state index contributed by atoms with van der Waals surface area (Å²) in [6, 6.07) is 17.7. The van der Waals surface area contributed by atoms with Crippen LogP contribution in [0.5, 0.6) is 0 Å². The number of nitrogens with zero attached hydrogens (tertiary/aromatic N) is 2. The molecule has 2 aliphatic rings. The van der Waals surface area contributed by atoms with Gasteiger partial charge in [0.05, 0.1) is 11.2 Å². The van der Waals surface area contributed by atoms with E-state index in [2.05, 4.69) is 22.4 Å². The van der Waals surface area contributed by atoms with E-state index in [4.69, 9.17) is 0 Å². The van der Waals surface area contributed by atoms with Crippen molar-refractivity contribution in [1.29, 1.82) is 0 Å². The third-order valence-corrected chi connectivity index (χ3v) is 5.89. The maximum absolute atomic E-state index is 13.2. The SMILES string of the molecule is O=C(Nc1cccc2cccnc12)C1(C(=O)N2CCc3ccccc3C2)CC1. The van der Waals surface area contributed by atoms with Crippen LogP contribution in [-0.2, 0) is 22.6 Å². The molecule has 1 N–H and O–H groups in total. The highest BCUT2D eigenvalue weighted by Gasteiger charge is 2.58. The highest BCUT2D eigenvalue weighted by molar-refractivity contribution is 6.14. The molecule has 3 aromatic rings. The third kappa shape index (κ3) is 2.74. The van der Waals surface area contributed by atoms with Gasteiger partial charge in [0.25, 0.3) is 0 Å².